The summed E-state index contributed by atoms with van der Waals surface area (Å²) in [6.45, 7) is 15.9. The molecule has 0 N–H and O–H groups in total. The summed E-state index contributed by atoms with van der Waals surface area (Å²) in [6, 6.07) is 20.7. The van der Waals surface area contributed by atoms with Crippen molar-refractivity contribution >= 4 is 0 Å². The van der Waals surface area contributed by atoms with Crippen molar-refractivity contribution in [2.75, 3.05) is 40.0 Å². The van der Waals surface area contributed by atoms with Gasteiger partial charge in [0.2, 0.25) is 0 Å². The molecule has 0 spiro atoms. The molecule has 0 radical (unpaired) electrons. The number of benzene rings is 2. The summed E-state index contributed by atoms with van der Waals surface area (Å²) >= 11 is 0. The van der Waals surface area contributed by atoms with Gasteiger partial charge in [0.05, 0.1) is 26.4 Å². The Morgan fingerprint density at radius 2 is 0.651 bits per heavy atom. The van der Waals surface area contributed by atoms with Gasteiger partial charge in [0, 0.05) is 12.8 Å². The molecule has 360 valence electrons. The van der Waals surface area contributed by atoms with Gasteiger partial charge in [-0.25, -0.2) is 0 Å². The zero-order valence-corrected chi connectivity index (χ0v) is 41.4. The summed E-state index contributed by atoms with van der Waals surface area (Å²) in [5.74, 6) is 3.35. The minimum Gasteiger partial charge on any atom is -0.494 e. The fourth-order valence-corrected chi connectivity index (χ4v) is 7.48. The first-order valence-electron chi connectivity index (χ1n) is 26.0. The highest BCUT2D eigenvalue weighted by atomic mass is 16.7. The maximum Gasteiger partial charge on any atom is 0.167 e. The summed E-state index contributed by atoms with van der Waals surface area (Å²) in [6.07, 6.45) is 28.9. The Labute approximate surface area is 387 Å². The second kappa shape index (κ2) is 40.5. The third-order valence-corrected chi connectivity index (χ3v) is 11.4. The molecule has 63 heavy (non-hydrogen) atoms. The Balaban J connectivity index is 2.37. The first-order valence-corrected chi connectivity index (χ1v) is 26.0. The van der Waals surface area contributed by atoms with Crippen molar-refractivity contribution in [3.05, 3.63) is 94.8 Å². The molecule has 0 aliphatic carbocycles. The third-order valence-electron chi connectivity index (χ3n) is 11.4. The van der Waals surface area contributed by atoms with Crippen molar-refractivity contribution in [3.63, 3.8) is 0 Å². The van der Waals surface area contributed by atoms with Crippen LogP contribution in [-0.2, 0) is 33.2 Å². The molecular weight excluding hydrogens is 785 g/mol. The molecule has 0 saturated carbocycles. The van der Waals surface area contributed by atoms with Gasteiger partial charge >= 0.3 is 0 Å². The van der Waals surface area contributed by atoms with Gasteiger partial charge < -0.3 is 33.2 Å². The Kier molecular flexibility index (Phi) is 36.1. The molecule has 7 heteroatoms. The van der Waals surface area contributed by atoms with E-state index in [1.54, 1.807) is 0 Å². The van der Waals surface area contributed by atoms with Crippen molar-refractivity contribution in [1.82, 2.24) is 0 Å². The Hall–Kier alpha value is -3.00. The molecule has 2 unspecified atom stereocenters. The lowest BCUT2D eigenvalue weighted by molar-refractivity contribution is -0.167. The van der Waals surface area contributed by atoms with Crippen LogP contribution in [0.2, 0.25) is 0 Å². The average molecular weight is 879 g/mol. The second-order valence-corrected chi connectivity index (χ2v) is 17.2. The normalized spacial score (nSPS) is 13.3. The van der Waals surface area contributed by atoms with Gasteiger partial charge in [0.25, 0.3) is 0 Å². The minimum absolute atomic E-state index is 0.00949. The number of unbranched alkanes of at least 4 members (excludes halogenated alkanes) is 18. The predicted molar refractivity (Wildman–Crippen MR) is 263 cm³/mol. The van der Waals surface area contributed by atoms with E-state index in [-0.39, 0.29) is 13.6 Å². The summed E-state index contributed by atoms with van der Waals surface area (Å²) in [5, 5.41) is 0. The molecule has 0 amide bonds. The number of hydrogen-bond donors (Lipinski definition) is 0. The number of rotatable bonds is 44. The van der Waals surface area contributed by atoms with Crippen LogP contribution in [0.1, 0.15) is 232 Å². The minimum atomic E-state index is -0.489. The van der Waals surface area contributed by atoms with Crippen LogP contribution in [-0.4, -0.2) is 40.0 Å². The highest BCUT2D eigenvalue weighted by molar-refractivity contribution is 5.27. The highest BCUT2D eigenvalue weighted by Gasteiger charge is 2.27. The number of hydrogen-bond acceptors (Lipinski definition) is 7. The molecule has 0 aliphatic heterocycles. The molecule has 0 bridgehead atoms. The van der Waals surface area contributed by atoms with Crippen molar-refractivity contribution in [3.8, 4) is 0 Å². The monoisotopic (exact) mass is 879 g/mol. The van der Waals surface area contributed by atoms with Gasteiger partial charge in [0.1, 0.15) is 23.7 Å². The smallest absolute Gasteiger partial charge is 0.167 e. The maximum atomic E-state index is 6.70. The summed E-state index contributed by atoms with van der Waals surface area (Å²) < 4.78 is 46.3. The second-order valence-electron chi connectivity index (χ2n) is 17.2. The zero-order chi connectivity index (χ0) is 45.3. The van der Waals surface area contributed by atoms with E-state index in [0.29, 0.717) is 26.4 Å². The van der Waals surface area contributed by atoms with Gasteiger partial charge in [-0.1, -0.05) is 218 Å². The fraction of sp³-hybridized carbons (Fsp3) is 0.714. The highest BCUT2D eigenvalue weighted by Crippen LogP contribution is 2.34. The van der Waals surface area contributed by atoms with Crippen LogP contribution in [0.25, 0.3) is 0 Å². The average Bonchev–Trinajstić information content (AvgIpc) is 3.31. The largest absolute Gasteiger partial charge is 0.494 e. The van der Waals surface area contributed by atoms with E-state index in [9.17, 15) is 0 Å². The fourth-order valence-electron chi connectivity index (χ4n) is 7.48. The van der Waals surface area contributed by atoms with Gasteiger partial charge in [-0.15, -0.1) is 0 Å². The van der Waals surface area contributed by atoms with E-state index in [0.717, 1.165) is 111 Å². The van der Waals surface area contributed by atoms with E-state index >= 15 is 0 Å². The van der Waals surface area contributed by atoms with E-state index in [2.05, 4.69) is 90.1 Å². The lowest BCUT2D eigenvalue weighted by atomic mass is 10.0. The summed E-state index contributed by atoms with van der Waals surface area (Å²) in [7, 11) is 0. The van der Waals surface area contributed by atoms with Crippen LogP contribution >= 0.6 is 0 Å². The van der Waals surface area contributed by atoms with Crippen LogP contribution in [0.4, 0.5) is 0 Å². The SMILES string of the molecule is CCCCCCCCCCC(OCCCC)=C(OCCCC)C(OCOCOC(C(OCCCC)=C(CCCCCCCCCC)OCCCC)c1ccccc1)c1ccccc1. The zero-order valence-electron chi connectivity index (χ0n) is 41.4. The Bertz CT molecular complexity index is 1260. The van der Waals surface area contributed by atoms with Crippen LogP contribution in [0.3, 0.4) is 0 Å². The molecule has 2 aromatic carbocycles. The van der Waals surface area contributed by atoms with Crippen molar-refractivity contribution in [2.24, 2.45) is 0 Å². The Morgan fingerprint density at radius 3 is 0.984 bits per heavy atom. The molecule has 0 aromatic heterocycles. The molecule has 2 rings (SSSR count). The molecule has 0 heterocycles. The van der Waals surface area contributed by atoms with Gasteiger partial charge in [-0.3, -0.25) is 0 Å². The first-order chi connectivity index (χ1) is 31.1. The quantitative estimate of drug-likeness (QED) is 0.0373. The van der Waals surface area contributed by atoms with E-state index in [1.165, 1.54) is 89.9 Å². The molecule has 2 atom stereocenters. The molecule has 7 nitrogen and oxygen atoms in total. The van der Waals surface area contributed by atoms with Gasteiger partial charge in [-0.05, 0) is 49.7 Å². The van der Waals surface area contributed by atoms with E-state index in [1.807, 2.05) is 12.1 Å². The molecule has 0 fully saturated rings. The lowest BCUT2D eigenvalue weighted by Crippen LogP contribution is -2.19. The van der Waals surface area contributed by atoms with Crippen molar-refractivity contribution < 1.29 is 33.2 Å². The molecule has 0 saturated heterocycles. The van der Waals surface area contributed by atoms with E-state index in [4.69, 9.17) is 33.2 Å². The van der Waals surface area contributed by atoms with Crippen LogP contribution < -0.4 is 0 Å². The molecular formula is C56H94O7. The van der Waals surface area contributed by atoms with Crippen molar-refractivity contribution in [1.29, 1.82) is 0 Å². The van der Waals surface area contributed by atoms with Crippen LogP contribution in [0.15, 0.2) is 83.7 Å². The van der Waals surface area contributed by atoms with Crippen molar-refractivity contribution in [2.45, 2.75) is 221 Å². The Morgan fingerprint density at radius 1 is 0.349 bits per heavy atom. The van der Waals surface area contributed by atoms with Crippen LogP contribution in [0, 0.1) is 0 Å². The molecule has 0 aliphatic rings. The summed E-state index contributed by atoms with van der Waals surface area (Å²) in [4.78, 5) is 0. The van der Waals surface area contributed by atoms with Gasteiger partial charge in [-0.2, -0.15) is 0 Å². The van der Waals surface area contributed by atoms with Crippen LogP contribution in [0.5, 0.6) is 0 Å². The predicted octanol–water partition coefficient (Wildman–Crippen LogP) is 17.2. The van der Waals surface area contributed by atoms with Gasteiger partial charge in [0.15, 0.2) is 25.1 Å². The van der Waals surface area contributed by atoms with E-state index < -0.39 is 12.2 Å². The summed E-state index contributed by atoms with van der Waals surface area (Å²) in [5.41, 5.74) is 2.01. The standard InChI is InChI=1S/C56H94O7/c1-7-13-19-21-23-25-27-35-41-51(58-43-15-9-3)55(60-45-17-11-5)53(49-37-31-29-32-38-49)62-47-57-48-63-54(50-39-33-30-34-40-50)56(61-46-18-12-6)52(59-44-16-10-4)42-36-28-26-24-22-20-14-8-2/h29-34,37-40,53-54H,7-28,35-36,41-48H2,1-6H3. The molecule has 2 aromatic rings. The third kappa shape index (κ3) is 26.5. The number of ether oxygens (including phenoxy) is 7. The number of allylic oxidation sites excluding steroid dienone is 2. The lowest BCUT2D eigenvalue weighted by Gasteiger charge is -2.27. The maximum absolute atomic E-state index is 6.70. The first kappa shape index (κ1) is 56.1. The topological polar surface area (TPSA) is 64.6 Å².